The van der Waals surface area contributed by atoms with Crippen molar-refractivity contribution in [3.05, 3.63) is 64.0 Å². The lowest BCUT2D eigenvalue weighted by Gasteiger charge is -2.07. The molecule has 1 N–H and O–H groups in total. The van der Waals surface area contributed by atoms with Crippen molar-refractivity contribution in [2.75, 3.05) is 5.32 Å². The zero-order valence-electron chi connectivity index (χ0n) is 12.9. The molecule has 4 heteroatoms. The Hall–Kier alpha value is -1.84. The van der Waals surface area contributed by atoms with E-state index in [-0.39, 0.29) is 5.78 Å². The number of ketones is 1. The molecule has 23 heavy (non-hydrogen) atoms. The number of nitrogens with one attached hydrogen (secondary N) is 1. The molecular weight excluding hydrogens is 326 g/mol. The highest BCUT2D eigenvalue weighted by Crippen LogP contribution is 2.29. The van der Waals surface area contributed by atoms with Crippen molar-refractivity contribution in [2.45, 2.75) is 26.3 Å². The Balaban J connectivity index is 1.70. The third kappa shape index (κ3) is 3.74. The molecule has 0 aliphatic rings. The average molecular weight is 344 g/mol. The van der Waals surface area contributed by atoms with Crippen molar-refractivity contribution in [1.82, 2.24) is 0 Å². The molecule has 0 spiro atoms. The second-order valence-corrected chi connectivity index (χ2v) is 6.85. The molecule has 3 rings (SSSR count). The van der Waals surface area contributed by atoms with E-state index in [1.165, 1.54) is 15.6 Å². The lowest BCUT2D eigenvalue weighted by atomic mass is 10.1. The summed E-state index contributed by atoms with van der Waals surface area (Å²) >= 11 is 7.82. The van der Waals surface area contributed by atoms with Gasteiger partial charge in [0.1, 0.15) is 0 Å². The fourth-order valence-corrected chi connectivity index (χ4v) is 3.65. The van der Waals surface area contributed by atoms with Crippen LogP contribution in [0.1, 0.15) is 35.7 Å². The van der Waals surface area contributed by atoms with E-state index >= 15 is 0 Å². The molecule has 2 nitrogen and oxygen atoms in total. The summed E-state index contributed by atoms with van der Waals surface area (Å²) in [5.74, 6) is 0.206. The first-order valence-corrected chi connectivity index (χ1v) is 8.96. The van der Waals surface area contributed by atoms with Crippen molar-refractivity contribution in [3.8, 4) is 0 Å². The van der Waals surface area contributed by atoms with Gasteiger partial charge in [0.25, 0.3) is 0 Å². The number of fused-ring (bicyclic) bond motifs is 1. The quantitative estimate of drug-likeness (QED) is 0.544. The fourth-order valence-electron chi connectivity index (χ4n) is 2.53. The van der Waals surface area contributed by atoms with Crippen LogP contribution in [0.5, 0.6) is 0 Å². The minimum atomic E-state index is 0.206. The molecule has 1 heterocycles. The fraction of sp³-hybridized carbons (Fsp3) is 0.211. The Morgan fingerprint density at radius 2 is 1.96 bits per heavy atom. The zero-order chi connectivity index (χ0) is 16.2. The molecule has 0 atom stereocenters. The summed E-state index contributed by atoms with van der Waals surface area (Å²) in [5, 5.41) is 7.53. The second kappa shape index (κ2) is 7.16. The van der Waals surface area contributed by atoms with Crippen molar-refractivity contribution in [3.63, 3.8) is 0 Å². The van der Waals surface area contributed by atoms with Gasteiger partial charge in [-0.25, -0.2) is 0 Å². The number of halogens is 1. The topological polar surface area (TPSA) is 29.1 Å². The summed E-state index contributed by atoms with van der Waals surface area (Å²) in [4.78, 5) is 11.8. The molecule has 3 aromatic rings. The Bertz CT molecular complexity index is 823. The number of carbonyl (C=O) groups excluding carboxylic acids is 1. The number of benzene rings is 2. The molecule has 0 saturated heterocycles. The van der Waals surface area contributed by atoms with Crippen molar-refractivity contribution in [2.24, 2.45) is 0 Å². The molecule has 0 bridgehead atoms. The van der Waals surface area contributed by atoms with Gasteiger partial charge in [-0.1, -0.05) is 18.5 Å². The van der Waals surface area contributed by atoms with Crippen LogP contribution in [-0.2, 0) is 6.54 Å². The summed E-state index contributed by atoms with van der Waals surface area (Å²) in [6.07, 6.45) is 1.49. The van der Waals surface area contributed by atoms with Crippen LogP contribution < -0.4 is 5.32 Å². The standard InChI is InChI=1S/C19H18ClNOS/c1-2-3-18(22)13-4-7-16(8-5-13)21-11-14-12-23-19-9-6-15(20)10-17(14)19/h4-10,12,21H,2-3,11H2,1H3. The van der Waals surface area contributed by atoms with Gasteiger partial charge < -0.3 is 5.32 Å². The Kier molecular flexibility index (Phi) is 4.99. The molecule has 1 aromatic heterocycles. The van der Waals surface area contributed by atoms with E-state index in [0.717, 1.165) is 29.2 Å². The van der Waals surface area contributed by atoms with Crippen LogP contribution in [0.15, 0.2) is 47.8 Å². The first-order chi connectivity index (χ1) is 11.2. The minimum absolute atomic E-state index is 0.206. The highest BCUT2D eigenvalue weighted by molar-refractivity contribution is 7.17. The first-order valence-electron chi connectivity index (χ1n) is 7.70. The highest BCUT2D eigenvalue weighted by atomic mass is 35.5. The second-order valence-electron chi connectivity index (χ2n) is 5.51. The third-order valence-electron chi connectivity index (χ3n) is 3.78. The van der Waals surface area contributed by atoms with Crippen LogP contribution >= 0.6 is 22.9 Å². The van der Waals surface area contributed by atoms with Crippen LogP contribution in [-0.4, -0.2) is 5.78 Å². The molecular formula is C19H18ClNOS. The predicted molar refractivity (Wildman–Crippen MR) is 99.8 cm³/mol. The smallest absolute Gasteiger partial charge is 0.162 e. The summed E-state index contributed by atoms with van der Waals surface area (Å²) in [7, 11) is 0. The molecule has 0 saturated carbocycles. The van der Waals surface area contributed by atoms with E-state index < -0.39 is 0 Å². The van der Waals surface area contributed by atoms with E-state index in [0.29, 0.717) is 6.42 Å². The molecule has 0 fully saturated rings. The number of rotatable bonds is 6. The van der Waals surface area contributed by atoms with Gasteiger partial charge in [-0.2, -0.15) is 0 Å². The summed E-state index contributed by atoms with van der Waals surface area (Å²) in [5.41, 5.74) is 3.03. The normalized spacial score (nSPS) is 10.9. The number of thiophene rings is 1. The van der Waals surface area contributed by atoms with E-state index in [9.17, 15) is 4.79 Å². The Morgan fingerprint density at radius 3 is 2.70 bits per heavy atom. The van der Waals surface area contributed by atoms with Gasteiger partial charge in [-0.15, -0.1) is 11.3 Å². The molecule has 0 aliphatic heterocycles. The third-order valence-corrected chi connectivity index (χ3v) is 5.03. The maximum atomic E-state index is 11.8. The van der Waals surface area contributed by atoms with E-state index in [1.807, 2.05) is 43.3 Å². The van der Waals surface area contributed by atoms with Crippen LogP contribution in [0, 0.1) is 0 Å². The molecule has 0 aliphatic carbocycles. The van der Waals surface area contributed by atoms with Crippen LogP contribution in [0.25, 0.3) is 10.1 Å². The maximum absolute atomic E-state index is 11.8. The van der Waals surface area contributed by atoms with Gasteiger partial charge >= 0.3 is 0 Å². The van der Waals surface area contributed by atoms with E-state index in [1.54, 1.807) is 11.3 Å². The molecule has 0 unspecified atom stereocenters. The summed E-state index contributed by atoms with van der Waals surface area (Å²) in [6, 6.07) is 13.7. The largest absolute Gasteiger partial charge is 0.381 e. The molecule has 2 aromatic carbocycles. The first kappa shape index (κ1) is 16.0. The summed E-state index contributed by atoms with van der Waals surface area (Å²) in [6.45, 7) is 2.76. The SMILES string of the molecule is CCCC(=O)c1ccc(NCc2csc3ccc(Cl)cc23)cc1. The van der Waals surface area contributed by atoms with Gasteiger partial charge in [-0.3, -0.25) is 4.79 Å². The number of hydrogen-bond acceptors (Lipinski definition) is 3. The average Bonchev–Trinajstić information content (AvgIpc) is 2.96. The van der Waals surface area contributed by atoms with Crippen LogP contribution in [0.3, 0.4) is 0 Å². The van der Waals surface area contributed by atoms with Gasteiger partial charge in [0.05, 0.1) is 0 Å². The lowest BCUT2D eigenvalue weighted by Crippen LogP contribution is -2.01. The van der Waals surface area contributed by atoms with Crippen molar-refractivity contribution in [1.29, 1.82) is 0 Å². The van der Waals surface area contributed by atoms with Crippen LogP contribution in [0.4, 0.5) is 5.69 Å². The molecule has 118 valence electrons. The van der Waals surface area contributed by atoms with Gasteiger partial charge in [0, 0.05) is 33.9 Å². The monoisotopic (exact) mass is 343 g/mol. The van der Waals surface area contributed by atoms with Gasteiger partial charge in [-0.05, 0) is 65.2 Å². The minimum Gasteiger partial charge on any atom is -0.381 e. The maximum Gasteiger partial charge on any atom is 0.162 e. The molecule has 0 amide bonds. The Morgan fingerprint density at radius 1 is 1.17 bits per heavy atom. The number of hydrogen-bond donors (Lipinski definition) is 1. The zero-order valence-corrected chi connectivity index (χ0v) is 14.5. The van der Waals surface area contributed by atoms with Crippen molar-refractivity contribution >= 4 is 44.5 Å². The van der Waals surface area contributed by atoms with Gasteiger partial charge in [0.2, 0.25) is 0 Å². The highest BCUT2D eigenvalue weighted by Gasteiger charge is 2.06. The van der Waals surface area contributed by atoms with Crippen LogP contribution in [0.2, 0.25) is 5.02 Å². The van der Waals surface area contributed by atoms with E-state index in [4.69, 9.17) is 11.6 Å². The summed E-state index contributed by atoms with van der Waals surface area (Å²) < 4.78 is 1.24. The van der Waals surface area contributed by atoms with Gasteiger partial charge in [0.15, 0.2) is 5.78 Å². The van der Waals surface area contributed by atoms with Crippen molar-refractivity contribution < 1.29 is 4.79 Å². The predicted octanol–water partition coefficient (Wildman–Crippen LogP) is 6.15. The number of carbonyl (C=O) groups is 1. The van der Waals surface area contributed by atoms with E-state index in [2.05, 4.69) is 16.8 Å². The number of anilines is 1. The lowest BCUT2D eigenvalue weighted by molar-refractivity contribution is 0.0982. The molecule has 0 radical (unpaired) electrons. The Labute approximate surface area is 145 Å². The number of Topliss-reactive ketones (excluding diaryl/α,β-unsaturated/α-hetero) is 1.